The third-order valence-corrected chi connectivity index (χ3v) is 2.63. The van der Waals surface area contributed by atoms with E-state index in [0.717, 1.165) is 30.0 Å². The molecule has 0 amide bonds. The average Bonchev–Trinajstić information content (AvgIpc) is 2.31. The second kappa shape index (κ2) is 6.27. The number of nitrogens with one attached hydrogen (secondary N) is 2. The lowest BCUT2D eigenvalue weighted by molar-refractivity contribution is 0.278. The van der Waals surface area contributed by atoms with Crippen molar-refractivity contribution in [3.8, 4) is 0 Å². The highest BCUT2D eigenvalue weighted by atomic mass is 16.3. The van der Waals surface area contributed by atoms with E-state index < -0.39 is 0 Å². The van der Waals surface area contributed by atoms with Gasteiger partial charge in [-0.1, -0.05) is 6.92 Å². The molecule has 16 heavy (non-hydrogen) atoms. The van der Waals surface area contributed by atoms with Gasteiger partial charge in [-0.3, -0.25) is 0 Å². The monoisotopic (exact) mass is 224 g/mol. The first kappa shape index (κ1) is 12.7. The van der Waals surface area contributed by atoms with Gasteiger partial charge >= 0.3 is 0 Å². The number of aliphatic hydroxyl groups is 1. The lowest BCUT2D eigenvalue weighted by Crippen LogP contribution is -2.21. The fourth-order valence-electron chi connectivity index (χ4n) is 1.58. The summed E-state index contributed by atoms with van der Waals surface area (Å²) >= 11 is 0. The number of anilines is 2. The number of rotatable bonds is 6. The lowest BCUT2D eigenvalue weighted by Gasteiger charge is -2.18. The summed E-state index contributed by atoms with van der Waals surface area (Å²) in [7, 11) is 1.84. The molecule has 0 saturated heterocycles. The summed E-state index contributed by atoms with van der Waals surface area (Å²) in [5, 5.41) is 15.3. The zero-order valence-corrected chi connectivity index (χ0v) is 10.1. The molecule has 0 aliphatic heterocycles. The van der Waals surface area contributed by atoms with Crippen LogP contribution in [0.25, 0.3) is 0 Å². The zero-order chi connectivity index (χ0) is 12.0. The van der Waals surface area contributed by atoms with E-state index in [2.05, 4.69) is 27.5 Å². The molecule has 0 aromatic carbocycles. The summed E-state index contributed by atoms with van der Waals surface area (Å²) in [5.41, 5.74) is 1.00. The second-order valence-corrected chi connectivity index (χ2v) is 3.71. The topological polar surface area (TPSA) is 70.1 Å². The Bertz CT molecular complexity index is 330. The first-order chi connectivity index (χ1) is 7.72. The summed E-state index contributed by atoms with van der Waals surface area (Å²) in [6.45, 7) is 4.25. The molecule has 0 aliphatic rings. The molecule has 0 saturated carbocycles. The SMILES string of the molecule is CCC(CCO)Nc1ncnc(NC)c1C. The number of aromatic nitrogens is 2. The number of hydrogen-bond donors (Lipinski definition) is 3. The first-order valence-corrected chi connectivity index (χ1v) is 5.59. The number of hydrogen-bond acceptors (Lipinski definition) is 5. The van der Waals surface area contributed by atoms with E-state index in [1.54, 1.807) is 0 Å². The van der Waals surface area contributed by atoms with Gasteiger partial charge in [0.25, 0.3) is 0 Å². The van der Waals surface area contributed by atoms with Crippen LogP contribution >= 0.6 is 0 Å². The van der Waals surface area contributed by atoms with Crippen molar-refractivity contribution in [3.63, 3.8) is 0 Å². The molecule has 0 radical (unpaired) electrons. The average molecular weight is 224 g/mol. The van der Waals surface area contributed by atoms with Crippen molar-refractivity contribution in [1.29, 1.82) is 0 Å². The molecule has 0 fully saturated rings. The second-order valence-electron chi connectivity index (χ2n) is 3.71. The maximum absolute atomic E-state index is 8.93. The van der Waals surface area contributed by atoms with E-state index in [1.807, 2.05) is 14.0 Å². The van der Waals surface area contributed by atoms with Crippen LogP contribution in [0.4, 0.5) is 11.6 Å². The smallest absolute Gasteiger partial charge is 0.134 e. The van der Waals surface area contributed by atoms with E-state index in [0.29, 0.717) is 0 Å². The molecule has 1 aromatic rings. The van der Waals surface area contributed by atoms with Crippen molar-refractivity contribution in [2.75, 3.05) is 24.3 Å². The largest absolute Gasteiger partial charge is 0.396 e. The summed E-state index contributed by atoms with van der Waals surface area (Å²) in [6.07, 6.45) is 3.22. The standard InChI is InChI=1S/C11H20N4O/c1-4-9(5-6-16)15-11-8(2)10(12-3)13-7-14-11/h7,9,16H,4-6H2,1-3H3,(H2,12,13,14,15). The van der Waals surface area contributed by atoms with Crippen LogP contribution in [-0.2, 0) is 0 Å². The van der Waals surface area contributed by atoms with Crippen molar-refractivity contribution in [2.45, 2.75) is 32.7 Å². The molecule has 3 N–H and O–H groups in total. The zero-order valence-electron chi connectivity index (χ0n) is 10.1. The molecule has 1 aromatic heterocycles. The maximum Gasteiger partial charge on any atom is 0.134 e. The summed E-state index contributed by atoms with van der Waals surface area (Å²) < 4.78 is 0. The first-order valence-electron chi connectivity index (χ1n) is 5.59. The molecule has 1 heterocycles. The maximum atomic E-state index is 8.93. The van der Waals surface area contributed by atoms with Gasteiger partial charge in [0.1, 0.15) is 18.0 Å². The van der Waals surface area contributed by atoms with Gasteiger partial charge in [0.2, 0.25) is 0 Å². The van der Waals surface area contributed by atoms with Crippen LogP contribution < -0.4 is 10.6 Å². The Morgan fingerprint density at radius 3 is 2.62 bits per heavy atom. The Labute approximate surface area is 96.3 Å². The summed E-state index contributed by atoms with van der Waals surface area (Å²) in [5.74, 6) is 1.66. The van der Waals surface area contributed by atoms with Gasteiger partial charge in [-0.05, 0) is 19.8 Å². The predicted molar refractivity (Wildman–Crippen MR) is 65.7 cm³/mol. The van der Waals surface area contributed by atoms with Crippen LogP contribution in [0.5, 0.6) is 0 Å². The molecular weight excluding hydrogens is 204 g/mol. The van der Waals surface area contributed by atoms with E-state index in [9.17, 15) is 0 Å². The lowest BCUT2D eigenvalue weighted by atomic mass is 10.1. The molecule has 0 aliphatic carbocycles. The number of nitrogens with zero attached hydrogens (tertiary/aromatic N) is 2. The highest BCUT2D eigenvalue weighted by molar-refractivity contribution is 5.56. The summed E-state index contributed by atoms with van der Waals surface area (Å²) in [4.78, 5) is 8.34. The van der Waals surface area contributed by atoms with Crippen molar-refractivity contribution < 1.29 is 5.11 Å². The molecule has 5 nitrogen and oxygen atoms in total. The summed E-state index contributed by atoms with van der Waals surface area (Å²) in [6, 6.07) is 0.253. The van der Waals surface area contributed by atoms with Crippen LogP contribution in [0.1, 0.15) is 25.3 Å². The fourth-order valence-corrected chi connectivity index (χ4v) is 1.58. The van der Waals surface area contributed by atoms with Gasteiger partial charge in [0.15, 0.2) is 0 Å². The molecule has 1 unspecified atom stereocenters. The quantitative estimate of drug-likeness (QED) is 0.681. The Balaban J connectivity index is 2.79. The van der Waals surface area contributed by atoms with Gasteiger partial charge in [0, 0.05) is 25.3 Å². The molecule has 0 spiro atoms. The van der Waals surface area contributed by atoms with Crippen LogP contribution in [0.3, 0.4) is 0 Å². The Morgan fingerprint density at radius 1 is 1.38 bits per heavy atom. The van der Waals surface area contributed by atoms with Crippen molar-refractivity contribution >= 4 is 11.6 Å². The number of aliphatic hydroxyl groups excluding tert-OH is 1. The van der Waals surface area contributed by atoms with Crippen molar-refractivity contribution in [1.82, 2.24) is 9.97 Å². The van der Waals surface area contributed by atoms with Crippen LogP contribution in [-0.4, -0.2) is 34.8 Å². The normalized spacial score (nSPS) is 12.2. The minimum absolute atomic E-state index is 0.189. The van der Waals surface area contributed by atoms with E-state index in [-0.39, 0.29) is 12.6 Å². The van der Waals surface area contributed by atoms with E-state index in [4.69, 9.17) is 5.11 Å². The third kappa shape index (κ3) is 3.06. The van der Waals surface area contributed by atoms with Crippen LogP contribution in [0.2, 0.25) is 0 Å². The Kier molecular flexibility index (Phi) is 4.98. The highest BCUT2D eigenvalue weighted by Crippen LogP contribution is 2.19. The molecular formula is C11H20N4O. The van der Waals surface area contributed by atoms with E-state index in [1.165, 1.54) is 6.33 Å². The van der Waals surface area contributed by atoms with Gasteiger partial charge in [0.05, 0.1) is 0 Å². The fraction of sp³-hybridized carbons (Fsp3) is 0.636. The van der Waals surface area contributed by atoms with Crippen molar-refractivity contribution in [2.24, 2.45) is 0 Å². The predicted octanol–water partition coefficient (Wildman–Crippen LogP) is 1.40. The van der Waals surface area contributed by atoms with Gasteiger partial charge < -0.3 is 15.7 Å². The van der Waals surface area contributed by atoms with Gasteiger partial charge in [-0.15, -0.1) is 0 Å². The van der Waals surface area contributed by atoms with Gasteiger partial charge in [-0.25, -0.2) is 9.97 Å². The Morgan fingerprint density at radius 2 is 2.06 bits per heavy atom. The van der Waals surface area contributed by atoms with Crippen LogP contribution in [0, 0.1) is 6.92 Å². The van der Waals surface area contributed by atoms with E-state index >= 15 is 0 Å². The van der Waals surface area contributed by atoms with Gasteiger partial charge in [-0.2, -0.15) is 0 Å². The minimum Gasteiger partial charge on any atom is -0.396 e. The molecule has 1 atom stereocenters. The van der Waals surface area contributed by atoms with Crippen molar-refractivity contribution in [3.05, 3.63) is 11.9 Å². The highest BCUT2D eigenvalue weighted by Gasteiger charge is 2.10. The minimum atomic E-state index is 0.189. The van der Waals surface area contributed by atoms with Crippen LogP contribution in [0.15, 0.2) is 6.33 Å². The molecule has 5 heteroatoms. The third-order valence-electron chi connectivity index (χ3n) is 2.63. The Hall–Kier alpha value is -1.36. The molecule has 1 rings (SSSR count). The molecule has 90 valence electrons. The molecule has 0 bridgehead atoms.